The van der Waals surface area contributed by atoms with Crippen molar-refractivity contribution in [1.82, 2.24) is 9.88 Å². The SMILES string of the molecule is C=C(C)CN(C)C(=O)c1cccnc1Br. The first-order chi connectivity index (χ1) is 7.02. The smallest absolute Gasteiger partial charge is 0.256 e. The molecule has 0 bridgehead atoms. The third-order valence-electron chi connectivity index (χ3n) is 1.84. The highest BCUT2D eigenvalue weighted by molar-refractivity contribution is 9.10. The quantitative estimate of drug-likeness (QED) is 0.624. The first-order valence-corrected chi connectivity index (χ1v) is 5.32. The van der Waals surface area contributed by atoms with Gasteiger partial charge in [-0.15, -0.1) is 0 Å². The van der Waals surface area contributed by atoms with Gasteiger partial charge in [0.2, 0.25) is 0 Å². The van der Waals surface area contributed by atoms with E-state index < -0.39 is 0 Å². The second kappa shape index (κ2) is 5.07. The minimum absolute atomic E-state index is 0.0574. The molecule has 15 heavy (non-hydrogen) atoms. The molecule has 4 heteroatoms. The van der Waals surface area contributed by atoms with E-state index in [4.69, 9.17) is 0 Å². The lowest BCUT2D eigenvalue weighted by Gasteiger charge is -2.17. The van der Waals surface area contributed by atoms with Crippen LogP contribution in [0.5, 0.6) is 0 Å². The molecule has 80 valence electrons. The Labute approximate surface area is 97.9 Å². The van der Waals surface area contributed by atoms with Gasteiger partial charge in [-0.1, -0.05) is 12.2 Å². The number of amides is 1. The van der Waals surface area contributed by atoms with Crippen molar-refractivity contribution in [3.63, 3.8) is 0 Å². The minimum Gasteiger partial charge on any atom is -0.338 e. The Hall–Kier alpha value is -1.16. The molecular formula is C11H13BrN2O. The minimum atomic E-state index is -0.0574. The van der Waals surface area contributed by atoms with Gasteiger partial charge in [-0.25, -0.2) is 4.98 Å². The summed E-state index contributed by atoms with van der Waals surface area (Å²) in [7, 11) is 1.75. The van der Waals surface area contributed by atoms with Crippen molar-refractivity contribution in [2.75, 3.05) is 13.6 Å². The molecule has 0 aliphatic carbocycles. The topological polar surface area (TPSA) is 33.2 Å². The molecule has 0 aromatic carbocycles. The zero-order valence-electron chi connectivity index (χ0n) is 8.83. The fourth-order valence-electron chi connectivity index (χ4n) is 1.23. The molecule has 0 saturated carbocycles. The van der Waals surface area contributed by atoms with E-state index in [1.165, 1.54) is 0 Å². The van der Waals surface area contributed by atoms with E-state index in [1.807, 2.05) is 6.92 Å². The van der Waals surface area contributed by atoms with Crippen LogP contribution in [0.4, 0.5) is 0 Å². The second-order valence-corrected chi connectivity index (χ2v) is 4.21. The number of aromatic nitrogens is 1. The molecule has 1 rings (SSSR count). The fourth-order valence-corrected chi connectivity index (χ4v) is 1.65. The predicted molar refractivity (Wildman–Crippen MR) is 63.7 cm³/mol. The third-order valence-corrected chi connectivity index (χ3v) is 2.48. The van der Waals surface area contributed by atoms with E-state index in [1.54, 1.807) is 30.3 Å². The Bertz CT molecular complexity index is 390. The molecule has 0 radical (unpaired) electrons. The van der Waals surface area contributed by atoms with E-state index in [0.29, 0.717) is 16.7 Å². The molecule has 1 amide bonds. The highest BCUT2D eigenvalue weighted by Crippen LogP contribution is 2.14. The maximum atomic E-state index is 11.9. The normalized spacial score (nSPS) is 9.80. The number of hydrogen-bond acceptors (Lipinski definition) is 2. The molecule has 0 aliphatic heterocycles. The largest absolute Gasteiger partial charge is 0.338 e. The van der Waals surface area contributed by atoms with Crippen LogP contribution in [0, 0.1) is 0 Å². The maximum absolute atomic E-state index is 11.9. The van der Waals surface area contributed by atoms with Crippen molar-refractivity contribution in [3.05, 3.63) is 40.6 Å². The Morgan fingerprint density at radius 2 is 2.33 bits per heavy atom. The molecule has 0 unspecified atom stereocenters. The van der Waals surface area contributed by atoms with Crippen molar-refractivity contribution in [2.45, 2.75) is 6.92 Å². The average Bonchev–Trinajstić information content (AvgIpc) is 2.16. The molecule has 0 atom stereocenters. The first kappa shape index (κ1) is 11.9. The van der Waals surface area contributed by atoms with Crippen LogP contribution >= 0.6 is 15.9 Å². The summed E-state index contributed by atoms with van der Waals surface area (Å²) < 4.78 is 0.573. The zero-order chi connectivity index (χ0) is 11.4. The van der Waals surface area contributed by atoms with Gasteiger partial charge in [0, 0.05) is 19.8 Å². The summed E-state index contributed by atoms with van der Waals surface area (Å²) in [5.41, 5.74) is 1.52. The molecular weight excluding hydrogens is 256 g/mol. The van der Waals surface area contributed by atoms with Crippen molar-refractivity contribution in [2.24, 2.45) is 0 Å². The van der Waals surface area contributed by atoms with Crippen molar-refractivity contribution < 1.29 is 4.79 Å². The predicted octanol–water partition coefficient (Wildman–Crippen LogP) is 2.49. The summed E-state index contributed by atoms with van der Waals surface area (Å²) in [5, 5.41) is 0. The Balaban J connectivity index is 2.85. The number of halogens is 1. The van der Waals surface area contributed by atoms with E-state index in [2.05, 4.69) is 27.5 Å². The van der Waals surface area contributed by atoms with E-state index in [-0.39, 0.29) is 5.91 Å². The van der Waals surface area contributed by atoms with Gasteiger partial charge in [0.05, 0.1) is 5.56 Å². The molecule has 0 N–H and O–H groups in total. The highest BCUT2D eigenvalue weighted by Gasteiger charge is 2.14. The number of rotatable bonds is 3. The highest BCUT2D eigenvalue weighted by atomic mass is 79.9. The van der Waals surface area contributed by atoms with E-state index in [0.717, 1.165) is 5.57 Å². The number of carbonyl (C=O) groups excluding carboxylic acids is 1. The van der Waals surface area contributed by atoms with Gasteiger partial charge in [-0.3, -0.25) is 4.79 Å². The Kier molecular flexibility index (Phi) is 4.03. The monoisotopic (exact) mass is 268 g/mol. The first-order valence-electron chi connectivity index (χ1n) is 4.52. The van der Waals surface area contributed by atoms with E-state index >= 15 is 0 Å². The van der Waals surface area contributed by atoms with Crippen LogP contribution in [0.25, 0.3) is 0 Å². The molecule has 3 nitrogen and oxygen atoms in total. The summed E-state index contributed by atoms with van der Waals surface area (Å²) in [6.07, 6.45) is 1.64. The summed E-state index contributed by atoms with van der Waals surface area (Å²) in [5.74, 6) is -0.0574. The second-order valence-electron chi connectivity index (χ2n) is 3.46. The molecule has 1 aromatic rings. The van der Waals surface area contributed by atoms with Crippen LogP contribution in [0.2, 0.25) is 0 Å². The summed E-state index contributed by atoms with van der Waals surface area (Å²) in [4.78, 5) is 17.5. The van der Waals surface area contributed by atoms with Crippen molar-refractivity contribution >= 4 is 21.8 Å². The van der Waals surface area contributed by atoms with Gasteiger partial charge in [-0.05, 0) is 35.0 Å². The number of carbonyl (C=O) groups is 1. The van der Waals surface area contributed by atoms with E-state index in [9.17, 15) is 4.79 Å². The summed E-state index contributed by atoms with van der Waals surface area (Å²) in [6, 6.07) is 3.49. The number of nitrogens with zero attached hydrogens (tertiary/aromatic N) is 2. The molecule has 0 fully saturated rings. The fraction of sp³-hybridized carbons (Fsp3) is 0.273. The number of hydrogen-bond donors (Lipinski definition) is 0. The van der Waals surface area contributed by atoms with Gasteiger partial charge in [0.1, 0.15) is 4.60 Å². The van der Waals surface area contributed by atoms with Gasteiger partial charge < -0.3 is 4.90 Å². The van der Waals surface area contributed by atoms with Gasteiger partial charge >= 0.3 is 0 Å². The van der Waals surface area contributed by atoms with Crippen LogP contribution in [0.15, 0.2) is 35.1 Å². The van der Waals surface area contributed by atoms with Crippen molar-refractivity contribution in [1.29, 1.82) is 0 Å². The lowest BCUT2D eigenvalue weighted by atomic mass is 10.2. The lowest BCUT2D eigenvalue weighted by molar-refractivity contribution is 0.0805. The van der Waals surface area contributed by atoms with Gasteiger partial charge in [0.15, 0.2) is 0 Å². The van der Waals surface area contributed by atoms with Crippen molar-refractivity contribution in [3.8, 4) is 0 Å². The van der Waals surface area contributed by atoms with Crippen LogP contribution < -0.4 is 0 Å². The molecule has 0 spiro atoms. The molecule has 1 heterocycles. The molecule has 1 aromatic heterocycles. The number of pyridine rings is 1. The Morgan fingerprint density at radius 3 is 2.87 bits per heavy atom. The maximum Gasteiger partial charge on any atom is 0.256 e. The molecule has 0 aliphatic rings. The third kappa shape index (κ3) is 3.16. The average molecular weight is 269 g/mol. The standard InChI is InChI=1S/C11H13BrN2O/c1-8(2)7-14(3)11(15)9-5-4-6-13-10(9)12/h4-6H,1,7H2,2-3H3. The summed E-state index contributed by atoms with van der Waals surface area (Å²) >= 11 is 3.25. The van der Waals surface area contributed by atoms with Gasteiger partial charge in [0.25, 0.3) is 5.91 Å². The molecule has 0 saturated heterocycles. The zero-order valence-corrected chi connectivity index (χ0v) is 10.4. The lowest BCUT2D eigenvalue weighted by Crippen LogP contribution is -2.28. The summed E-state index contributed by atoms with van der Waals surface area (Å²) in [6.45, 7) is 6.22. The van der Waals surface area contributed by atoms with Crippen LogP contribution in [-0.2, 0) is 0 Å². The van der Waals surface area contributed by atoms with Gasteiger partial charge in [-0.2, -0.15) is 0 Å². The number of likely N-dealkylation sites (N-methyl/N-ethyl adjacent to an activating group) is 1. The van der Waals surface area contributed by atoms with Crippen LogP contribution in [0.1, 0.15) is 17.3 Å². The Morgan fingerprint density at radius 1 is 1.67 bits per heavy atom. The van der Waals surface area contributed by atoms with Crippen LogP contribution in [-0.4, -0.2) is 29.4 Å². The van der Waals surface area contributed by atoms with Crippen LogP contribution in [0.3, 0.4) is 0 Å².